The maximum atomic E-state index is 11.9. The molecule has 1 aromatic heterocycles. The number of ether oxygens (including phenoxy) is 4. The number of thiazole rings is 1. The van der Waals surface area contributed by atoms with Crippen molar-refractivity contribution in [1.82, 2.24) is 4.98 Å². The van der Waals surface area contributed by atoms with Gasteiger partial charge in [-0.25, -0.2) is 4.98 Å². The molecule has 0 saturated heterocycles. The Hall–Kier alpha value is -3.14. The van der Waals surface area contributed by atoms with Crippen LogP contribution in [0.15, 0.2) is 23.6 Å². The summed E-state index contributed by atoms with van der Waals surface area (Å²) in [5, 5.41) is 4.47. The summed E-state index contributed by atoms with van der Waals surface area (Å²) in [6.45, 7) is -0.420. The number of anilines is 1. The number of amides is 1. The molecule has 1 N–H and O–H groups in total. The SMILES string of the molecule is COC(=O)Cc1csc(NC(=O)COC(=O)CCc2ccc(OC)c(OC)c2)n1. The molecule has 0 spiro atoms. The lowest BCUT2D eigenvalue weighted by Crippen LogP contribution is -2.21. The largest absolute Gasteiger partial charge is 0.493 e. The van der Waals surface area contributed by atoms with Crippen LogP contribution >= 0.6 is 11.3 Å². The molecule has 0 saturated carbocycles. The number of benzene rings is 1. The van der Waals surface area contributed by atoms with Crippen molar-refractivity contribution >= 4 is 34.3 Å². The first-order valence-corrected chi connectivity index (χ1v) is 9.50. The average molecular weight is 422 g/mol. The molecule has 156 valence electrons. The van der Waals surface area contributed by atoms with E-state index in [0.717, 1.165) is 5.56 Å². The number of hydrogen-bond donors (Lipinski definition) is 1. The Bertz CT molecular complexity index is 866. The highest BCUT2D eigenvalue weighted by molar-refractivity contribution is 7.13. The van der Waals surface area contributed by atoms with Crippen LogP contribution in [0, 0.1) is 0 Å². The van der Waals surface area contributed by atoms with Crippen molar-refractivity contribution < 1.29 is 33.3 Å². The fourth-order valence-corrected chi connectivity index (χ4v) is 3.05. The van der Waals surface area contributed by atoms with E-state index >= 15 is 0 Å². The lowest BCUT2D eigenvalue weighted by atomic mass is 10.1. The van der Waals surface area contributed by atoms with Crippen molar-refractivity contribution in [3.63, 3.8) is 0 Å². The Labute approximate surface area is 171 Å². The Balaban J connectivity index is 1.75. The maximum Gasteiger partial charge on any atom is 0.311 e. The first-order chi connectivity index (χ1) is 13.9. The van der Waals surface area contributed by atoms with Crippen LogP contribution < -0.4 is 14.8 Å². The van der Waals surface area contributed by atoms with Gasteiger partial charge in [-0.15, -0.1) is 11.3 Å². The molecule has 29 heavy (non-hydrogen) atoms. The molecule has 9 nitrogen and oxygen atoms in total. The molecule has 0 aliphatic rings. The molecule has 0 unspecified atom stereocenters. The number of hydrogen-bond acceptors (Lipinski definition) is 9. The van der Waals surface area contributed by atoms with Gasteiger partial charge < -0.3 is 18.9 Å². The van der Waals surface area contributed by atoms with E-state index in [2.05, 4.69) is 15.0 Å². The quantitative estimate of drug-likeness (QED) is 0.579. The standard InChI is InChI=1S/C19H22N2O7S/c1-25-14-6-4-12(8-15(14)26-2)5-7-17(23)28-10-16(22)21-19-20-13(11-29-19)9-18(24)27-3/h4,6,8,11H,5,7,9-10H2,1-3H3,(H,20,21,22). The van der Waals surface area contributed by atoms with E-state index in [4.69, 9.17) is 14.2 Å². The molecule has 2 aromatic rings. The summed E-state index contributed by atoms with van der Waals surface area (Å²) in [4.78, 5) is 39.1. The van der Waals surface area contributed by atoms with Gasteiger partial charge in [0.15, 0.2) is 23.2 Å². The maximum absolute atomic E-state index is 11.9. The van der Waals surface area contributed by atoms with E-state index in [-0.39, 0.29) is 12.8 Å². The number of methoxy groups -OCH3 is 3. The van der Waals surface area contributed by atoms with Crippen molar-refractivity contribution in [2.45, 2.75) is 19.3 Å². The molecule has 1 amide bonds. The van der Waals surface area contributed by atoms with E-state index in [1.807, 2.05) is 6.07 Å². The van der Waals surface area contributed by atoms with Gasteiger partial charge in [0.2, 0.25) is 0 Å². The predicted octanol–water partition coefficient (Wildman–Crippen LogP) is 1.99. The van der Waals surface area contributed by atoms with E-state index in [1.165, 1.54) is 25.6 Å². The van der Waals surface area contributed by atoms with Crippen LogP contribution in [0.5, 0.6) is 11.5 Å². The summed E-state index contributed by atoms with van der Waals surface area (Å²) < 4.78 is 19.9. The molecule has 2 rings (SSSR count). The van der Waals surface area contributed by atoms with Crippen molar-refractivity contribution in [3.05, 3.63) is 34.8 Å². The molecule has 0 bridgehead atoms. The molecular weight excluding hydrogens is 400 g/mol. The molecule has 0 radical (unpaired) electrons. The normalized spacial score (nSPS) is 10.2. The van der Waals surface area contributed by atoms with Gasteiger partial charge in [0.05, 0.1) is 33.4 Å². The molecule has 1 aromatic carbocycles. The Morgan fingerprint density at radius 1 is 1.07 bits per heavy atom. The lowest BCUT2D eigenvalue weighted by molar-refractivity contribution is -0.147. The molecule has 0 atom stereocenters. The average Bonchev–Trinajstić information content (AvgIpc) is 3.16. The fraction of sp³-hybridized carbons (Fsp3) is 0.368. The number of rotatable bonds is 10. The van der Waals surface area contributed by atoms with E-state index in [0.29, 0.717) is 28.7 Å². The smallest absolute Gasteiger partial charge is 0.311 e. The van der Waals surface area contributed by atoms with Gasteiger partial charge in [-0.05, 0) is 24.1 Å². The number of aryl methyl sites for hydroxylation is 1. The van der Waals surface area contributed by atoms with Crippen LogP contribution in [0.25, 0.3) is 0 Å². The third kappa shape index (κ3) is 7.07. The number of esters is 2. The molecule has 0 aliphatic heterocycles. The zero-order valence-corrected chi connectivity index (χ0v) is 17.2. The molecule has 0 fully saturated rings. The number of nitrogens with zero attached hydrogens (tertiary/aromatic N) is 1. The van der Waals surface area contributed by atoms with Crippen molar-refractivity contribution in [3.8, 4) is 11.5 Å². The Morgan fingerprint density at radius 3 is 2.52 bits per heavy atom. The number of carbonyl (C=O) groups is 3. The van der Waals surface area contributed by atoms with Crippen molar-refractivity contribution in [2.24, 2.45) is 0 Å². The summed E-state index contributed by atoms with van der Waals surface area (Å²) in [5.74, 6) is -0.249. The molecule has 1 heterocycles. The zero-order valence-electron chi connectivity index (χ0n) is 16.4. The summed E-state index contributed by atoms with van der Waals surface area (Å²) in [6, 6.07) is 5.37. The Morgan fingerprint density at radius 2 is 1.83 bits per heavy atom. The second kappa shape index (κ2) is 11.0. The molecule has 10 heteroatoms. The van der Waals surface area contributed by atoms with Gasteiger partial charge in [-0.2, -0.15) is 0 Å². The summed E-state index contributed by atoms with van der Waals surface area (Å²) >= 11 is 1.17. The second-order valence-electron chi connectivity index (χ2n) is 5.80. The third-order valence-electron chi connectivity index (χ3n) is 3.78. The number of nitrogens with one attached hydrogen (secondary N) is 1. The van der Waals surface area contributed by atoms with Crippen molar-refractivity contribution in [1.29, 1.82) is 0 Å². The third-order valence-corrected chi connectivity index (χ3v) is 4.59. The van der Waals surface area contributed by atoms with Gasteiger partial charge in [-0.3, -0.25) is 19.7 Å². The monoisotopic (exact) mass is 422 g/mol. The highest BCUT2D eigenvalue weighted by Gasteiger charge is 2.12. The summed E-state index contributed by atoms with van der Waals surface area (Å²) in [5.41, 5.74) is 1.37. The second-order valence-corrected chi connectivity index (χ2v) is 6.65. The number of aromatic nitrogens is 1. The van der Waals surface area contributed by atoms with Gasteiger partial charge in [-0.1, -0.05) is 6.07 Å². The topological polar surface area (TPSA) is 113 Å². The highest BCUT2D eigenvalue weighted by atomic mass is 32.1. The van der Waals surface area contributed by atoms with Gasteiger partial charge >= 0.3 is 11.9 Å². The van der Waals surface area contributed by atoms with Crippen LogP contribution in [-0.4, -0.2) is 50.8 Å². The first kappa shape index (κ1) is 22.2. The van der Waals surface area contributed by atoms with Crippen LogP contribution in [-0.2, 0) is 36.7 Å². The summed E-state index contributed by atoms with van der Waals surface area (Å²) in [6.07, 6.45) is 0.571. The number of carbonyl (C=O) groups excluding carboxylic acids is 3. The first-order valence-electron chi connectivity index (χ1n) is 8.62. The van der Waals surface area contributed by atoms with Crippen LogP contribution in [0.1, 0.15) is 17.7 Å². The summed E-state index contributed by atoms with van der Waals surface area (Å²) in [7, 11) is 4.37. The minimum atomic E-state index is -0.511. The molecular formula is C19H22N2O7S. The lowest BCUT2D eigenvalue weighted by Gasteiger charge is -2.09. The van der Waals surface area contributed by atoms with Crippen LogP contribution in [0.3, 0.4) is 0 Å². The highest BCUT2D eigenvalue weighted by Crippen LogP contribution is 2.28. The molecule has 0 aliphatic carbocycles. The predicted molar refractivity (Wildman–Crippen MR) is 105 cm³/mol. The van der Waals surface area contributed by atoms with E-state index in [9.17, 15) is 14.4 Å². The minimum Gasteiger partial charge on any atom is -0.493 e. The van der Waals surface area contributed by atoms with Crippen LogP contribution in [0.4, 0.5) is 5.13 Å². The van der Waals surface area contributed by atoms with Gasteiger partial charge in [0, 0.05) is 11.8 Å². The minimum absolute atomic E-state index is 0.0218. The van der Waals surface area contributed by atoms with E-state index in [1.54, 1.807) is 24.6 Å². The Kier molecular flexibility index (Phi) is 8.41. The van der Waals surface area contributed by atoms with Gasteiger partial charge in [0.25, 0.3) is 5.91 Å². The van der Waals surface area contributed by atoms with Crippen LogP contribution in [0.2, 0.25) is 0 Å². The van der Waals surface area contributed by atoms with Gasteiger partial charge in [0.1, 0.15) is 0 Å². The van der Waals surface area contributed by atoms with Crippen molar-refractivity contribution in [2.75, 3.05) is 33.3 Å². The fourth-order valence-electron chi connectivity index (χ4n) is 2.32. The zero-order chi connectivity index (χ0) is 21.2. The van der Waals surface area contributed by atoms with E-state index < -0.39 is 24.5 Å².